The molecule has 0 aliphatic heterocycles. The summed E-state index contributed by atoms with van der Waals surface area (Å²) in [6.07, 6.45) is 1.85. The maximum absolute atomic E-state index is 12.1. The van der Waals surface area contributed by atoms with Crippen molar-refractivity contribution in [1.82, 2.24) is 5.32 Å². The fourth-order valence-corrected chi connectivity index (χ4v) is 2.71. The van der Waals surface area contributed by atoms with Crippen LogP contribution in [0.4, 0.5) is 0 Å². The Morgan fingerprint density at radius 3 is 2.62 bits per heavy atom. The largest absolute Gasteiger partial charge is 0.494 e. The number of nitrogens with one attached hydrogen (secondary N) is 1. The van der Waals surface area contributed by atoms with Gasteiger partial charge in [-0.15, -0.1) is 0 Å². The van der Waals surface area contributed by atoms with E-state index < -0.39 is 0 Å². The summed E-state index contributed by atoms with van der Waals surface area (Å²) in [7, 11) is 0. The molecule has 0 heterocycles. The Balaban J connectivity index is 2.38. The number of ether oxygens (including phenoxy) is 1. The molecule has 0 bridgehead atoms. The first-order valence-electron chi connectivity index (χ1n) is 8.50. The van der Waals surface area contributed by atoms with Gasteiger partial charge in [0.25, 0.3) is 0 Å². The number of rotatable bonds is 10. The predicted octanol–water partition coefficient (Wildman–Crippen LogP) is 2.93. The maximum Gasteiger partial charge on any atom is 0.220 e. The molecule has 24 heavy (non-hydrogen) atoms. The van der Waals surface area contributed by atoms with Crippen LogP contribution < -0.4 is 15.8 Å². The van der Waals surface area contributed by atoms with Crippen molar-refractivity contribution in [2.24, 2.45) is 11.7 Å². The lowest BCUT2D eigenvalue weighted by atomic mass is 9.90. The van der Waals surface area contributed by atoms with Gasteiger partial charge in [0.05, 0.1) is 6.61 Å². The van der Waals surface area contributed by atoms with Crippen LogP contribution in [0.3, 0.4) is 0 Å². The molecule has 1 unspecified atom stereocenters. The quantitative estimate of drug-likeness (QED) is 0.509. The fourth-order valence-electron chi connectivity index (χ4n) is 2.71. The minimum atomic E-state index is -0.359. The van der Waals surface area contributed by atoms with E-state index in [1.165, 1.54) is 6.92 Å². The molecular formula is C19H30N2O3. The SMILES string of the molecule is CC(=O)c1cccc(OCCCC(=O)NC(C)(CN)CC(C)C)c1. The number of ketones is 1. The Morgan fingerprint density at radius 1 is 1.33 bits per heavy atom. The molecule has 0 fully saturated rings. The van der Waals surface area contributed by atoms with Crippen molar-refractivity contribution in [1.29, 1.82) is 0 Å². The van der Waals surface area contributed by atoms with E-state index in [0.717, 1.165) is 6.42 Å². The number of benzene rings is 1. The standard InChI is InChI=1S/C19H30N2O3/c1-14(2)12-19(4,13-20)21-18(23)9-6-10-24-17-8-5-7-16(11-17)15(3)22/h5,7-8,11,14H,6,9-10,12-13,20H2,1-4H3,(H,21,23). The van der Waals surface area contributed by atoms with Gasteiger partial charge in [0.2, 0.25) is 5.91 Å². The lowest BCUT2D eigenvalue weighted by molar-refractivity contribution is -0.123. The van der Waals surface area contributed by atoms with Gasteiger partial charge in [0.15, 0.2) is 5.78 Å². The Hall–Kier alpha value is -1.88. The number of carbonyl (C=O) groups is 2. The molecule has 5 nitrogen and oxygen atoms in total. The van der Waals surface area contributed by atoms with Crippen LogP contribution in [0.5, 0.6) is 5.75 Å². The van der Waals surface area contributed by atoms with Gasteiger partial charge in [-0.05, 0) is 44.7 Å². The number of Topliss-reactive ketones (excluding diaryl/α,β-unsaturated/α-hetero) is 1. The number of hydrogen-bond acceptors (Lipinski definition) is 4. The Labute approximate surface area is 145 Å². The third-order valence-corrected chi connectivity index (χ3v) is 3.81. The highest BCUT2D eigenvalue weighted by molar-refractivity contribution is 5.94. The van der Waals surface area contributed by atoms with Crippen molar-refractivity contribution in [2.45, 2.75) is 52.5 Å². The minimum absolute atomic E-state index is 0.00560. The molecule has 1 aromatic rings. The summed E-state index contributed by atoms with van der Waals surface area (Å²) >= 11 is 0. The molecular weight excluding hydrogens is 304 g/mol. The predicted molar refractivity (Wildman–Crippen MR) is 96.2 cm³/mol. The van der Waals surface area contributed by atoms with Gasteiger partial charge in [-0.25, -0.2) is 0 Å². The fraction of sp³-hybridized carbons (Fsp3) is 0.579. The van der Waals surface area contributed by atoms with Crippen LogP contribution in [-0.2, 0) is 4.79 Å². The van der Waals surface area contributed by atoms with Crippen LogP contribution in [0.2, 0.25) is 0 Å². The van der Waals surface area contributed by atoms with E-state index in [0.29, 0.717) is 43.2 Å². The van der Waals surface area contributed by atoms with E-state index in [9.17, 15) is 9.59 Å². The summed E-state index contributed by atoms with van der Waals surface area (Å²) in [6.45, 7) is 8.58. The summed E-state index contributed by atoms with van der Waals surface area (Å²) in [5.41, 5.74) is 6.07. The topological polar surface area (TPSA) is 81.4 Å². The molecule has 0 radical (unpaired) electrons. The van der Waals surface area contributed by atoms with E-state index in [1.807, 2.05) is 6.92 Å². The van der Waals surface area contributed by atoms with Crippen molar-refractivity contribution in [3.8, 4) is 5.75 Å². The van der Waals surface area contributed by atoms with E-state index >= 15 is 0 Å². The van der Waals surface area contributed by atoms with Crippen molar-refractivity contribution in [3.63, 3.8) is 0 Å². The average Bonchev–Trinajstić information content (AvgIpc) is 2.51. The van der Waals surface area contributed by atoms with Crippen LogP contribution >= 0.6 is 0 Å². The highest BCUT2D eigenvalue weighted by Crippen LogP contribution is 2.16. The van der Waals surface area contributed by atoms with Crippen LogP contribution in [0, 0.1) is 5.92 Å². The Kier molecular flexibility index (Phi) is 7.92. The monoisotopic (exact) mass is 334 g/mol. The second kappa shape index (κ2) is 9.42. The molecule has 134 valence electrons. The summed E-state index contributed by atoms with van der Waals surface area (Å²) in [5, 5.41) is 3.03. The molecule has 1 aromatic carbocycles. The van der Waals surface area contributed by atoms with Gasteiger partial charge in [-0.3, -0.25) is 9.59 Å². The maximum atomic E-state index is 12.1. The molecule has 0 saturated carbocycles. The normalized spacial score (nSPS) is 13.4. The Morgan fingerprint density at radius 2 is 2.04 bits per heavy atom. The van der Waals surface area contributed by atoms with Crippen molar-refractivity contribution >= 4 is 11.7 Å². The highest BCUT2D eigenvalue weighted by Gasteiger charge is 2.25. The van der Waals surface area contributed by atoms with E-state index in [1.54, 1.807) is 24.3 Å². The molecule has 0 spiro atoms. The number of amides is 1. The van der Waals surface area contributed by atoms with Gasteiger partial charge < -0.3 is 15.8 Å². The minimum Gasteiger partial charge on any atom is -0.494 e. The second-order valence-corrected chi connectivity index (χ2v) is 6.95. The molecule has 5 heteroatoms. The summed E-state index contributed by atoms with van der Waals surface area (Å²) in [4.78, 5) is 23.4. The van der Waals surface area contributed by atoms with Gasteiger partial charge in [-0.1, -0.05) is 26.0 Å². The lowest BCUT2D eigenvalue weighted by Crippen LogP contribution is -2.52. The first-order chi connectivity index (χ1) is 11.3. The molecule has 0 saturated heterocycles. The number of hydrogen-bond donors (Lipinski definition) is 2. The second-order valence-electron chi connectivity index (χ2n) is 6.95. The molecule has 1 amide bonds. The third kappa shape index (κ3) is 7.13. The molecule has 0 aliphatic carbocycles. The highest BCUT2D eigenvalue weighted by atomic mass is 16.5. The summed E-state index contributed by atoms with van der Waals surface area (Å²) in [5.74, 6) is 1.11. The van der Waals surface area contributed by atoms with E-state index in [4.69, 9.17) is 10.5 Å². The van der Waals surface area contributed by atoms with Crippen LogP contribution in [0.1, 0.15) is 57.3 Å². The first kappa shape index (κ1) is 20.2. The van der Waals surface area contributed by atoms with E-state index in [2.05, 4.69) is 19.2 Å². The molecule has 1 atom stereocenters. The zero-order valence-corrected chi connectivity index (χ0v) is 15.2. The number of nitrogens with two attached hydrogens (primary N) is 1. The van der Waals surface area contributed by atoms with Crippen LogP contribution in [-0.4, -0.2) is 30.4 Å². The molecule has 0 aromatic heterocycles. The van der Waals surface area contributed by atoms with Crippen LogP contribution in [0.25, 0.3) is 0 Å². The third-order valence-electron chi connectivity index (χ3n) is 3.81. The lowest BCUT2D eigenvalue weighted by Gasteiger charge is -2.31. The van der Waals surface area contributed by atoms with Crippen molar-refractivity contribution in [2.75, 3.05) is 13.2 Å². The van der Waals surface area contributed by atoms with E-state index in [-0.39, 0.29) is 17.2 Å². The molecule has 1 rings (SSSR count). The van der Waals surface area contributed by atoms with Gasteiger partial charge in [0, 0.05) is 24.1 Å². The van der Waals surface area contributed by atoms with Crippen molar-refractivity contribution < 1.29 is 14.3 Å². The summed E-state index contributed by atoms with van der Waals surface area (Å²) < 4.78 is 5.61. The van der Waals surface area contributed by atoms with Gasteiger partial charge in [0.1, 0.15) is 5.75 Å². The number of carbonyl (C=O) groups excluding carboxylic acids is 2. The average molecular weight is 334 g/mol. The van der Waals surface area contributed by atoms with Crippen LogP contribution in [0.15, 0.2) is 24.3 Å². The zero-order chi connectivity index (χ0) is 18.2. The van der Waals surface area contributed by atoms with Crippen molar-refractivity contribution in [3.05, 3.63) is 29.8 Å². The van der Waals surface area contributed by atoms with Gasteiger partial charge in [-0.2, -0.15) is 0 Å². The molecule has 0 aliphatic rings. The molecule has 3 N–H and O–H groups in total. The zero-order valence-electron chi connectivity index (χ0n) is 15.2. The van der Waals surface area contributed by atoms with Gasteiger partial charge >= 0.3 is 0 Å². The Bertz CT molecular complexity index is 557. The summed E-state index contributed by atoms with van der Waals surface area (Å²) in [6, 6.07) is 7.07. The first-order valence-corrected chi connectivity index (χ1v) is 8.50. The smallest absolute Gasteiger partial charge is 0.220 e.